The van der Waals surface area contributed by atoms with Crippen LogP contribution in [0, 0.1) is 5.82 Å². The molecule has 5 rings (SSSR count). The maximum Gasteiger partial charge on any atom is 0.322 e. The van der Waals surface area contributed by atoms with Gasteiger partial charge < -0.3 is 10.2 Å². The van der Waals surface area contributed by atoms with Gasteiger partial charge >= 0.3 is 6.03 Å². The molecule has 2 aliphatic rings. The molecule has 30 heavy (non-hydrogen) atoms. The van der Waals surface area contributed by atoms with E-state index in [1.807, 2.05) is 0 Å². The van der Waals surface area contributed by atoms with Gasteiger partial charge in [0.25, 0.3) is 5.56 Å². The second-order valence-corrected chi connectivity index (χ2v) is 7.78. The van der Waals surface area contributed by atoms with Gasteiger partial charge in [-0.15, -0.1) is 0 Å². The number of aromatic amines is 1. The van der Waals surface area contributed by atoms with Crippen molar-refractivity contribution in [2.45, 2.75) is 31.3 Å². The number of benzene rings is 1. The van der Waals surface area contributed by atoms with E-state index in [0.29, 0.717) is 23.2 Å². The van der Waals surface area contributed by atoms with Crippen LogP contribution in [0.5, 0.6) is 0 Å². The molecule has 2 atom stereocenters. The molecular weight excluding hydrogens is 411 g/mol. The van der Waals surface area contributed by atoms with Crippen LogP contribution in [0.25, 0.3) is 11.1 Å². The van der Waals surface area contributed by atoms with Crippen LogP contribution in [0.3, 0.4) is 0 Å². The van der Waals surface area contributed by atoms with E-state index < -0.39 is 11.8 Å². The van der Waals surface area contributed by atoms with Crippen LogP contribution < -0.4 is 10.9 Å². The van der Waals surface area contributed by atoms with Crippen LogP contribution in [0.1, 0.15) is 30.1 Å². The van der Waals surface area contributed by atoms with Crippen molar-refractivity contribution in [3.63, 3.8) is 0 Å². The Morgan fingerprint density at radius 2 is 2.13 bits per heavy atom. The first-order valence-electron chi connectivity index (χ1n) is 9.45. The van der Waals surface area contributed by atoms with Crippen LogP contribution in [0.15, 0.2) is 41.5 Å². The Hall–Kier alpha value is -3.33. The van der Waals surface area contributed by atoms with Crippen molar-refractivity contribution in [1.29, 1.82) is 0 Å². The van der Waals surface area contributed by atoms with Crippen LogP contribution in [0.4, 0.5) is 14.9 Å². The summed E-state index contributed by atoms with van der Waals surface area (Å²) in [5.41, 5.74) is 2.37. The minimum atomic E-state index is -0.605. The molecule has 0 unspecified atom stereocenters. The molecule has 152 valence electrons. The van der Waals surface area contributed by atoms with Crippen LogP contribution >= 0.6 is 11.6 Å². The predicted molar refractivity (Wildman–Crippen MR) is 108 cm³/mol. The third kappa shape index (κ3) is 3.11. The molecular formula is C20H16ClFN6O2. The van der Waals surface area contributed by atoms with Crippen LogP contribution in [0.2, 0.25) is 5.02 Å². The number of halogens is 2. The predicted octanol–water partition coefficient (Wildman–Crippen LogP) is 3.31. The number of nitrogens with one attached hydrogen (secondary N) is 2. The summed E-state index contributed by atoms with van der Waals surface area (Å²) in [6.45, 7) is 0. The third-order valence-corrected chi connectivity index (χ3v) is 5.94. The number of hydrogen-bond donors (Lipinski definition) is 2. The minimum Gasteiger partial charge on any atom is -0.313 e. The van der Waals surface area contributed by atoms with Gasteiger partial charge in [-0.25, -0.2) is 14.3 Å². The molecule has 0 spiro atoms. The van der Waals surface area contributed by atoms with E-state index in [9.17, 15) is 14.0 Å². The van der Waals surface area contributed by atoms with Crippen molar-refractivity contribution >= 4 is 23.3 Å². The lowest BCUT2D eigenvalue weighted by atomic mass is 9.99. The number of aromatic nitrogens is 4. The van der Waals surface area contributed by atoms with Crippen molar-refractivity contribution in [3.8, 4) is 11.1 Å². The number of carbonyl (C=O) groups is 1. The highest BCUT2D eigenvalue weighted by molar-refractivity contribution is 6.33. The average Bonchev–Trinajstić information content (AvgIpc) is 3.06. The number of rotatable bonds is 2. The molecule has 2 aliphatic heterocycles. The number of carbonyl (C=O) groups excluding carboxylic acids is 1. The number of urea groups is 1. The zero-order valence-corrected chi connectivity index (χ0v) is 16.4. The zero-order valence-electron chi connectivity index (χ0n) is 15.6. The van der Waals surface area contributed by atoms with E-state index >= 15 is 0 Å². The topological polar surface area (TPSA) is 104 Å². The summed E-state index contributed by atoms with van der Waals surface area (Å²) in [5.74, 6) is -0.605. The molecule has 10 heteroatoms. The maximum absolute atomic E-state index is 14.8. The molecule has 4 heterocycles. The molecule has 0 radical (unpaired) electrons. The number of anilines is 1. The summed E-state index contributed by atoms with van der Waals surface area (Å²) in [5, 5.41) is 17.0. The largest absolute Gasteiger partial charge is 0.322 e. The van der Waals surface area contributed by atoms with Gasteiger partial charge in [0, 0.05) is 23.2 Å². The highest BCUT2D eigenvalue weighted by Crippen LogP contribution is 2.42. The van der Waals surface area contributed by atoms with Crippen molar-refractivity contribution in [1.82, 2.24) is 25.3 Å². The van der Waals surface area contributed by atoms with Gasteiger partial charge in [0.1, 0.15) is 5.82 Å². The van der Waals surface area contributed by atoms with Crippen molar-refractivity contribution in [3.05, 3.63) is 69.1 Å². The number of fused-ring (bicyclic) bond motifs is 4. The van der Waals surface area contributed by atoms with Crippen LogP contribution in [-0.4, -0.2) is 37.4 Å². The SMILES string of the molecule is O=C(Nc1cc(Cl)c(-c2ccnnc2)cc1F)N1[C@H]2CC[C@@H]1c1n[nH]c(=O)cc1C2. The van der Waals surface area contributed by atoms with Crippen molar-refractivity contribution in [2.75, 3.05) is 5.32 Å². The Morgan fingerprint density at radius 3 is 2.93 bits per heavy atom. The number of nitrogens with zero attached hydrogens (tertiary/aromatic N) is 4. The second-order valence-electron chi connectivity index (χ2n) is 7.37. The number of amides is 2. The number of hydrogen-bond acceptors (Lipinski definition) is 5. The molecule has 2 aromatic heterocycles. The quantitative estimate of drug-likeness (QED) is 0.654. The molecule has 0 aliphatic carbocycles. The Morgan fingerprint density at radius 1 is 1.27 bits per heavy atom. The first kappa shape index (κ1) is 18.7. The summed E-state index contributed by atoms with van der Waals surface area (Å²) in [6.07, 6.45) is 5.05. The van der Waals surface area contributed by atoms with Crippen LogP contribution in [-0.2, 0) is 6.42 Å². The normalized spacial score (nSPS) is 19.5. The van der Waals surface area contributed by atoms with E-state index in [1.165, 1.54) is 30.6 Å². The van der Waals surface area contributed by atoms with Crippen molar-refractivity contribution in [2.24, 2.45) is 0 Å². The second kappa shape index (κ2) is 7.17. The first-order valence-corrected chi connectivity index (χ1v) is 9.83. The highest BCUT2D eigenvalue weighted by Gasteiger charge is 2.44. The van der Waals surface area contributed by atoms with Crippen molar-refractivity contribution < 1.29 is 9.18 Å². The zero-order chi connectivity index (χ0) is 20.8. The van der Waals surface area contributed by atoms with E-state index in [4.69, 9.17) is 11.6 Å². The summed E-state index contributed by atoms with van der Waals surface area (Å²) in [4.78, 5) is 26.3. The van der Waals surface area contributed by atoms with E-state index in [-0.39, 0.29) is 28.4 Å². The van der Waals surface area contributed by atoms with Gasteiger partial charge in [0.15, 0.2) is 0 Å². The van der Waals surface area contributed by atoms with Gasteiger partial charge in [0.05, 0.1) is 34.8 Å². The summed E-state index contributed by atoms with van der Waals surface area (Å²) in [6, 6.07) is 5.13. The fraction of sp³-hybridized carbons (Fsp3) is 0.250. The Balaban J connectivity index is 1.42. The van der Waals surface area contributed by atoms with E-state index in [1.54, 1.807) is 11.0 Å². The average molecular weight is 427 g/mol. The molecule has 1 aromatic carbocycles. The third-order valence-electron chi connectivity index (χ3n) is 5.62. The fourth-order valence-electron chi connectivity index (χ4n) is 4.31. The number of H-pyrrole nitrogens is 1. The summed E-state index contributed by atoms with van der Waals surface area (Å²) < 4.78 is 14.8. The molecule has 0 saturated carbocycles. The highest BCUT2D eigenvalue weighted by atomic mass is 35.5. The molecule has 2 amide bonds. The standard InChI is InChI=1S/C20H16ClFN6O2/c21-14-8-16(15(22)7-13(14)10-3-4-23-24-9-10)25-20(30)28-12-1-2-17(28)19-11(5-12)6-18(29)26-27-19/h3-4,6-9,12,17H,1-2,5H2,(H,25,30)(H,26,29)/t12-,17+/m0/s1. The summed E-state index contributed by atoms with van der Waals surface area (Å²) in [7, 11) is 0. The maximum atomic E-state index is 14.8. The Kier molecular flexibility index (Phi) is 4.47. The Bertz CT molecular complexity index is 1200. The van der Waals surface area contributed by atoms with Gasteiger partial charge in [0.2, 0.25) is 0 Å². The molecule has 2 bridgehead atoms. The van der Waals surface area contributed by atoms with Gasteiger partial charge in [-0.05, 0) is 43.0 Å². The van der Waals surface area contributed by atoms with Gasteiger partial charge in [-0.3, -0.25) is 4.79 Å². The first-order chi connectivity index (χ1) is 14.5. The van der Waals surface area contributed by atoms with Gasteiger partial charge in [-0.2, -0.15) is 15.3 Å². The molecule has 2 N–H and O–H groups in total. The lowest BCUT2D eigenvalue weighted by molar-refractivity contribution is 0.177. The molecule has 1 fully saturated rings. The monoisotopic (exact) mass is 426 g/mol. The fourth-order valence-corrected chi connectivity index (χ4v) is 4.58. The summed E-state index contributed by atoms with van der Waals surface area (Å²) >= 11 is 6.33. The molecule has 8 nitrogen and oxygen atoms in total. The van der Waals surface area contributed by atoms with Gasteiger partial charge in [-0.1, -0.05) is 11.6 Å². The molecule has 3 aromatic rings. The van der Waals surface area contributed by atoms with E-state index in [0.717, 1.165) is 18.4 Å². The lowest BCUT2D eigenvalue weighted by Crippen LogP contribution is -2.45. The lowest BCUT2D eigenvalue weighted by Gasteiger charge is -2.35. The van der Waals surface area contributed by atoms with E-state index in [2.05, 4.69) is 25.7 Å². The minimum absolute atomic E-state index is 0.00427. The molecule has 1 saturated heterocycles. The smallest absolute Gasteiger partial charge is 0.313 e. The Labute approximate surface area is 175 Å².